The number of anilines is 1. The van der Waals surface area contributed by atoms with Crippen LogP contribution in [0.15, 0.2) is 53.6 Å². The number of hydrogen-bond donors (Lipinski definition) is 1. The molecule has 0 saturated heterocycles. The zero-order valence-electron chi connectivity index (χ0n) is 16.2. The number of aromatic nitrogens is 5. The van der Waals surface area contributed by atoms with Gasteiger partial charge in [0, 0.05) is 10.7 Å². The molecule has 4 rings (SSSR count). The molecule has 0 radical (unpaired) electrons. The number of nitrogens with one attached hydrogen (secondary N) is 1. The van der Waals surface area contributed by atoms with Gasteiger partial charge in [-0.2, -0.15) is 4.68 Å². The molecule has 0 spiro atoms. The molecular formula is C20H17ClN6O3. The molecule has 1 amide bonds. The Balaban J connectivity index is 1.58. The van der Waals surface area contributed by atoms with Crippen LogP contribution in [0.4, 0.5) is 5.69 Å². The molecular weight excluding hydrogens is 408 g/mol. The second-order valence-electron chi connectivity index (χ2n) is 6.56. The van der Waals surface area contributed by atoms with E-state index in [4.69, 9.17) is 16.3 Å². The molecule has 0 bridgehead atoms. The Morgan fingerprint density at radius 1 is 1.20 bits per heavy atom. The van der Waals surface area contributed by atoms with Crippen LogP contribution in [0, 0.1) is 6.92 Å². The number of halogens is 1. The van der Waals surface area contributed by atoms with Gasteiger partial charge in [0.05, 0.1) is 12.8 Å². The molecule has 2 aromatic heterocycles. The van der Waals surface area contributed by atoms with Crippen LogP contribution in [-0.2, 0) is 11.3 Å². The smallest absolute Gasteiger partial charge is 0.284 e. The van der Waals surface area contributed by atoms with Crippen LogP contribution in [0.1, 0.15) is 5.56 Å². The molecule has 0 aliphatic rings. The second-order valence-corrected chi connectivity index (χ2v) is 6.97. The van der Waals surface area contributed by atoms with E-state index in [-0.39, 0.29) is 18.0 Å². The van der Waals surface area contributed by atoms with Crippen LogP contribution < -0.4 is 15.6 Å². The van der Waals surface area contributed by atoms with Crippen LogP contribution >= 0.6 is 11.6 Å². The van der Waals surface area contributed by atoms with Crippen molar-refractivity contribution in [3.05, 3.63) is 69.7 Å². The summed E-state index contributed by atoms with van der Waals surface area (Å²) < 4.78 is 7.78. The van der Waals surface area contributed by atoms with E-state index < -0.39 is 5.56 Å². The van der Waals surface area contributed by atoms with Gasteiger partial charge in [-0.05, 0) is 48.9 Å². The minimum Gasteiger partial charge on any atom is -0.497 e. The van der Waals surface area contributed by atoms with Crippen molar-refractivity contribution in [3.8, 4) is 11.4 Å². The second kappa shape index (κ2) is 7.96. The van der Waals surface area contributed by atoms with Crippen molar-refractivity contribution >= 4 is 34.4 Å². The van der Waals surface area contributed by atoms with Gasteiger partial charge in [0.25, 0.3) is 5.56 Å². The molecule has 9 nitrogen and oxygen atoms in total. The quantitative estimate of drug-likeness (QED) is 0.528. The number of ether oxygens (including phenoxy) is 1. The molecule has 30 heavy (non-hydrogen) atoms. The fraction of sp³-hybridized carbons (Fsp3) is 0.150. The maximum Gasteiger partial charge on any atom is 0.284 e. The van der Waals surface area contributed by atoms with E-state index in [0.29, 0.717) is 27.8 Å². The molecule has 0 aliphatic carbocycles. The van der Waals surface area contributed by atoms with Gasteiger partial charge in [0.1, 0.15) is 18.6 Å². The number of carbonyl (C=O) groups is 1. The van der Waals surface area contributed by atoms with E-state index in [0.717, 1.165) is 5.56 Å². The maximum atomic E-state index is 12.7. The predicted octanol–water partition coefficient (Wildman–Crippen LogP) is 2.59. The number of amides is 1. The van der Waals surface area contributed by atoms with Crippen molar-refractivity contribution in [2.45, 2.75) is 13.5 Å². The lowest BCUT2D eigenvalue weighted by molar-refractivity contribution is -0.116. The Morgan fingerprint density at radius 3 is 2.67 bits per heavy atom. The minimum atomic E-state index is -0.461. The van der Waals surface area contributed by atoms with Gasteiger partial charge in [0.2, 0.25) is 5.91 Å². The van der Waals surface area contributed by atoms with Gasteiger partial charge in [-0.25, -0.2) is 4.98 Å². The molecule has 2 heterocycles. The predicted molar refractivity (Wildman–Crippen MR) is 112 cm³/mol. The summed E-state index contributed by atoms with van der Waals surface area (Å²) >= 11 is 6.08. The SMILES string of the molecule is COc1ccc(-n2nnc3c(=O)n(CC(=O)Nc4ccc(C)c(Cl)c4)cnc32)cc1. The molecule has 0 fully saturated rings. The van der Waals surface area contributed by atoms with Gasteiger partial charge in [-0.3, -0.25) is 14.2 Å². The molecule has 1 N–H and O–H groups in total. The van der Waals surface area contributed by atoms with Crippen molar-refractivity contribution < 1.29 is 9.53 Å². The monoisotopic (exact) mass is 424 g/mol. The lowest BCUT2D eigenvalue weighted by atomic mass is 10.2. The largest absolute Gasteiger partial charge is 0.497 e. The molecule has 0 saturated carbocycles. The summed E-state index contributed by atoms with van der Waals surface area (Å²) in [5, 5.41) is 11.2. The van der Waals surface area contributed by atoms with Crippen molar-refractivity contribution in [1.82, 2.24) is 24.5 Å². The Hall–Kier alpha value is -3.72. The number of carbonyl (C=O) groups excluding carboxylic acids is 1. The van der Waals surface area contributed by atoms with E-state index in [1.807, 2.05) is 6.92 Å². The molecule has 0 atom stereocenters. The van der Waals surface area contributed by atoms with E-state index in [1.165, 1.54) is 15.6 Å². The van der Waals surface area contributed by atoms with Gasteiger partial charge < -0.3 is 10.1 Å². The topological polar surface area (TPSA) is 104 Å². The Labute approximate surface area is 175 Å². The lowest BCUT2D eigenvalue weighted by Gasteiger charge is -2.08. The summed E-state index contributed by atoms with van der Waals surface area (Å²) in [5.41, 5.74) is 2.03. The number of hydrogen-bond acceptors (Lipinski definition) is 6. The molecule has 0 unspecified atom stereocenters. The number of aryl methyl sites for hydroxylation is 1. The highest BCUT2D eigenvalue weighted by atomic mass is 35.5. The molecule has 4 aromatic rings. The zero-order chi connectivity index (χ0) is 21.3. The summed E-state index contributed by atoms with van der Waals surface area (Å²) in [6.07, 6.45) is 1.30. The summed E-state index contributed by atoms with van der Waals surface area (Å²) in [5.74, 6) is 0.306. The third-order valence-electron chi connectivity index (χ3n) is 4.52. The highest BCUT2D eigenvalue weighted by Gasteiger charge is 2.15. The first kappa shape index (κ1) is 19.6. The fourth-order valence-corrected chi connectivity index (χ4v) is 3.06. The molecule has 10 heteroatoms. The van der Waals surface area contributed by atoms with E-state index in [1.54, 1.807) is 49.6 Å². The highest BCUT2D eigenvalue weighted by molar-refractivity contribution is 6.31. The van der Waals surface area contributed by atoms with Crippen LogP contribution in [0.25, 0.3) is 16.9 Å². The number of methoxy groups -OCH3 is 1. The van der Waals surface area contributed by atoms with Crippen molar-refractivity contribution in [3.63, 3.8) is 0 Å². The lowest BCUT2D eigenvalue weighted by Crippen LogP contribution is -2.28. The van der Waals surface area contributed by atoms with Crippen LogP contribution in [0.3, 0.4) is 0 Å². The normalized spacial score (nSPS) is 10.9. The van der Waals surface area contributed by atoms with Crippen LogP contribution in [0.2, 0.25) is 5.02 Å². The third kappa shape index (κ3) is 3.74. The van der Waals surface area contributed by atoms with Crippen LogP contribution in [-0.4, -0.2) is 37.6 Å². The maximum absolute atomic E-state index is 12.7. The molecule has 0 aliphatic heterocycles. The zero-order valence-corrected chi connectivity index (χ0v) is 16.9. The van der Waals surface area contributed by atoms with E-state index in [2.05, 4.69) is 20.6 Å². The van der Waals surface area contributed by atoms with Crippen molar-refractivity contribution in [2.24, 2.45) is 0 Å². The summed E-state index contributed by atoms with van der Waals surface area (Å²) in [6.45, 7) is 1.65. The minimum absolute atomic E-state index is 0.0690. The van der Waals surface area contributed by atoms with Gasteiger partial charge in [-0.15, -0.1) is 5.10 Å². The first-order valence-corrected chi connectivity index (χ1v) is 9.35. The standard InChI is InChI=1S/C20H17ClN6O3/c1-12-3-4-13(9-16(12)21)23-17(28)10-26-11-22-19-18(20(26)29)24-25-27(19)14-5-7-15(30-2)8-6-14/h3-9,11H,10H2,1-2H3,(H,23,28). The Kier molecular flexibility index (Phi) is 5.20. The first-order chi connectivity index (χ1) is 14.5. The number of benzene rings is 2. The van der Waals surface area contributed by atoms with Crippen molar-refractivity contribution in [2.75, 3.05) is 12.4 Å². The average Bonchev–Trinajstić information content (AvgIpc) is 3.18. The highest BCUT2D eigenvalue weighted by Crippen LogP contribution is 2.20. The Bertz CT molecular complexity index is 1300. The average molecular weight is 425 g/mol. The van der Waals surface area contributed by atoms with Crippen molar-refractivity contribution in [1.29, 1.82) is 0 Å². The third-order valence-corrected chi connectivity index (χ3v) is 4.92. The van der Waals surface area contributed by atoms with E-state index in [9.17, 15) is 9.59 Å². The van der Waals surface area contributed by atoms with Gasteiger partial charge in [0.15, 0.2) is 11.2 Å². The fourth-order valence-electron chi connectivity index (χ4n) is 2.88. The van der Waals surface area contributed by atoms with Crippen LogP contribution in [0.5, 0.6) is 5.75 Å². The number of rotatable bonds is 5. The van der Waals surface area contributed by atoms with Gasteiger partial charge in [-0.1, -0.05) is 22.9 Å². The Morgan fingerprint density at radius 2 is 1.97 bits per heavy atom. The van der Waals surface area contributed by atoms with Gasteiger partial charge >= 0.3 is 0 Å². The summed E-state index contributed by atoms with van der Waals surface area (Å²) in [6, 6.07) is 12.3. The number of fused-ring (bicyclic) bond motifs is 1. The first-order valence-electron chi connectivity index (χ1n) is 8.97. The summed E-state index contributed by atoms with van der Waals surface area (Å²) in [4.78, 5) is 29.4. The van der Waals surface area contributed by atoms with E-state index >= 15 is 0 Å². The number of nitrogens with zero attached hydrogens (tertiary/aromatic N) is 5. The molecule has 152 valence electrons. The molecule has 2 aromatic carbocycles. The summed E-state index contributed by atoms with van der Waals surface area (Å²) in [7, 11) is 1.58.